The molecule has 0 aliphatic rings. The van der Waals surface area contributed by atoms with Crippen LogP contribution in [0.2, 0.25) is 5.02 Å². The third kappa shape index (κ3) is 3.61. The molecular formula is C16H16ClN2O2S+. The molecule has 0 saturated carbocycles. The summed E-state index contributed by atoms with van der Waals surface area (Å²) in [5.41, 5.74) is 3.16. The van der Waals surface area contributed by atoms with Gasteiger partial charge in [0.25, 0.3) is 5.71 Å². The summed E-state index contributed by atoms with van der Waals surface area (Å²) in [5.74, 6) is 6.56. The van der Waals surface area contributed by atoms with E-state index in [0.29, 0.717) is 16.5 Å². The summed E-state index contributed by atoms with van der Waals surface area (Å²) in [6, 6.07) is 14.7. The van der Waals surface area contributed by atoms with Crippen molar-refractivity contribution >= 4 is 36.0 Å². The van der Waals surface area contributed by atoms with Gasteiger partial charge in [-0.1, -0.05) is 23.7 Å². The lowest BCUT2D eigenvalue weighted by atomic mass is 10.0. The van der Waals surface area contributed by atoms with Crippen LogP contribution >= 0.6 is 24.2 Å². The zero-order valence-corrected chi connectivity index (χ0v) is 13.6. The topological polar surface area (TPSA) is 55.3 Å². The molecule has 22 heavy (non-hydrogen) atoms. The van der Waals surface area contributed by atoms with E-state index in [1.54, 1.807) is 24.3 Å². The average Bonchev–Trinajstić information content (AvgIpc) is 2.56. The summed E-state index contributed by atoms with van der Waals surface area (Å²) in [6.07, 6.45) is -0.650. The molecule has 0 fully saturated rings. The number of amides is 1. The third-order valence-electron chi connectivity index (χ3n) is 3.14. The SMILES string of the molecule is COC(=O)[N+](N)=C(c1ccc(Cl)cc1)c1ccc(CS)cc1. The van der Waals surface area contributed by atoms with Crippen molar-refractivity contribution in [3.63, 3.8) is 0 Å². The van der Waals surface area contributed by atoms with Crippen molar-refractivity contribution in [3.05, 3.63) is 70.2 Å². The summed E-state index contributed by atoms with van der Waals surface area (Å²) in [6.45, 7) is 0. The van der Waals surface area contributed by atoms with Gasteiger partial charge in [-0.05, 0) is 46.6 Å². The lowest BCUT2D eigenvalue weighted by Crippen LogP contribution is -2.34. The molecule has 0 aliphatic carbocycles. The van der Waals surface area contributed by atoms with E-state index in [2.05, 4.69) is 12.6 Å². The molecule has 0 saturated heterocycles. The smallest absolute Gasteiger partial charge is 0.413 e. The Hall–Kier alpha value is -1.98. The molecular weight excluding hydrogens is 320 g/mol. The second-order valence-electron chi connectivity index (χ2n) is 4.55. The van der Waals surface area contributed by atoms with Crippen molar-refractivity contribution in [2.24, 2.45) is 5.84 Å². The van der Waals surface area contributed by atoms with Crippen molar-refractivity contribution in [1.82, 2.24) is 0 Å². The van der Waals surface area contributed by atoms with Crippen LogP contribution in [0, 0.1) is 0 Å². The molecule has 2 aromatic rings. The maximum atomic E-state index is 11.8. The van der Waals surface area contributed by atoms with E-state index in [4.69, 9.17) is 22.2 Å². The minimum atomic E-state index is -0.650. The summed E-state index contributed by atoms with van der Waals surface area (Å²) >= 11 is 10.2. The fraction of sp³-hybridized carbons (Fsp3) is 0.125. The number of carbonyl (C=O) groups excluding carboxylic acids is 1. The summed E-state index contributed by atoms with van der Waals surface area (Å²) < 4.78 is 5.69. The number of rotatable bonds is 3. The van der Waals surface area contributed by atoms with Crippen LogP contribution in [0.5, 0.6) is 0 Å². The Kier molecular flexibility index (Phi) is 5.46. The van der Waals surface area contributed by atoms with Gasteiger partial charge in [-0.15, -0.1) is 0 Å². The highest BCUT2D eigenvalue weighted by molar-refractivity contribution is 7.79. The molecule has 4 nitrogen and oxygen atoms in total. The zero-order valence-electron chi connectivity index (χ0n) is 12.0. The van der Waals surface area contributed by atoms with Crippen LogP contribution < -0.4 is 5.84 Å². The van der Waals surface area contributed by atoms with Gasteiger partial charge in [0.2, 0.25) is 0 Å². The fourth-order valence-electron chi connectivity index (χ4n) is 2.01. The van der Waals surface area contributed by atoms with E-state index in [9.17, 15) is 4.79 Å². The fourth-order valence-corrected chi connectivity index (χ4v) is 2.35. The summed E-state index contributed by atoms with van der Waals surface area (Å²) in [5, 5.41) is 0.607. The average molecular weight is 336 g/mol. The molecule has 0 aliphatic heterocycles. The van der Waals surface area contributed by atoms with Gasteiger partial charge in [-0.3, -0.25) is 0 Å². The molecule has 0 bridgehead atoms. The molecule has 2 N–H and O–H groups in total. The van der Waals surface area contributed by atoms with Crippen molar-refractivity contribution in [3.8, 4) is 0 Å². The van der Waals surface area contributed by atoms with E-state index in [-0.39, 0.29) is 0 Å². The Bertz CT molecular complexity index is 697. The number of ether oxygens (including phenoxy) is 1. The number of hydrazine groups is 1. The quantitative estimate of drug-likeness (QED) is 0.226. The first-order valence-electron chi connectivity index (χ1n) is 6.52. The number of nitrogens with zero attached hydrogens (tertiary/aromatic N) is 1. The number of methoxy groups -OCH3 is 1. The summed E-state index contributed by atoms with van der Waals surface area (Å²) in [7, 11) is 1.28. The highest BCUT2D eigenvalue weighted by atomic mass is 35.5. The first-order valence-corrected chi connectivity index (χ1v) is 7.53. The number of carbonyl (C=O) groups is 1. The van der Waals surface area contributed by atoms with E-state index in [0.717, 1.165) is 21.4 Å². The van der Waals surface area contributed by atoms with E-state index in [1.807, 2.05) is 24.3 Å². The van der Waals surface area contributed by atoms with Gasteiger partial charge in [0, 0.05) is 16.3 Å². The van der Waals surface area contributed by atoms with Gasteiger partial charge >= 0.3 is 6.09 Å². The van der Waals surface area contributed by atoms with Gasteiger partial charge in [0.15, 0.2) is 0 Å². The molecule has 0 atom stereocenters. The van der Waals surface area contributed by atoms with Crippen molar-refractivity contribution in [2.45, 2.75) is 5.75 Å². The highest BCUT2D eigenvalue weighted by Gasteiger charge is 2.25. The van der Waals surface area contributed by atoms with Crippen LogP contribution in [-0.4, -0.2) is 23.6 Å². The number of hydrazone groups is 1. The predicted molar refractivity (Wildman–Crippen MR) is 90.6 cm³/mol. The normalized spacial score (nSPS) is 11.8. The maximum absolute atomic E-state index is 11.8. The van der Waals surface area contributed by atoms with E-state index >= 15 is 0 Å². The Balaban J connectivity index is 2.59. The number of hydrogen-bond donors (Lipinski definition) is 2. The zero-order chi connectivity index (χ0) is 16.1. The van der Waals surface area contributed by atoms with E-state index < -0.39 is 6.09 Å². The van der Waals surface area contributed by atoms with Crippen molar-refractivity contribution < 1.29 is 14.2 Å². The Labute approximate surface area is 139 Å². The van der Waals surface area contributed by atoms with Crippen molar-refractivity contribution in [1.29, 1.82) is 0 Å². The molecule has 0 spiro atoms. The number of benzene rings is 2. The lowest BCUT2D eigenvalue weighted by molar-refractivity contribution is -0.455. The maximum Gasteiger partial charge on any atom is 0.626 e. The Morgan fingerprint density at radius 3 is 2.09 bits per heavy atom. The molecule has 1 amide bonds. The first-order chi connectivity index (χ1) is 10.6. The lowest BCUT2D eigenvalue weighted by Gasteiger charge is -2.05. The van der Waals surface area contributed by atoms with E-state index in [1.165, 1.54) is 7.11 Å². The first kappa shape index (κ1) is 16.4. The van der Waals surface area contributed by atoms with Crippen LogP contribution in [0.4, 0.5) is 4.79 Å². The standard InChI is InChI=1S/C16H15ClN2O2S/c1-21-16(20)19(18)15(13-6-8-14(17)9-7-13)12-4-2-11(10-22)3-5-12/h2-9H,10,18H2,1H3/p+1. The van der Waals surface area contributed by atoms with Crippen LogP contribution in [0.25, 0.3) is 0 Å². The molecule has 0 unspecified atom stereocenters. The molecule has 0 radical (unpaired) electrons. The highest BCUT2D eigenvalue weighted by Crippen LogP contribution is 2.16. The minimum Gasteiger partial charge on any atom is -0.413 e. The molecule has 6 heteroatoms. The second kappa shape index (κ2) is 7.33. The largest absolute Gasteiger partial charge is 0.626 e. The predicted octanol–water partition coefficient (Wildman–Crippen LogP) is 3.26. The molecule has 0 aromatic heterocycles. The van der Waals surface area contributed by atoms with Crippen LogP contribution in [0.3, 0.4) is 0 Å². The van der Waals surface area contributed by atoms with Crippen LogP contribution in [0.15, 0.2) is 48.5 Å². The third-order valence-corrected chi connectivity index (χ3v) is 3.76. The van der Waals surface area contributed by atoms with Gasteiger partial charge in [-0.25, -0.2) is 0 Å². The number of halogens is 1. The van der Waals surface area contributed by atoms with Crippen LogP contribution in [0.1, 0.15) is 16.7 Å². The molecule has 2 rings (SSSR count). The number of hydrogen-bond acceptors (Lipinski definition) is 4. The second-order valence-corrected chi connectivity index (χ2v) is 5.30. The van der Waals surface area contributed by atoms with Gasteiger partial charge < -0.3 is 4.74 Å². The summed E-state index contributed by atoms with van der Waals surface area (Å²) in [4.78, 5) is 11.8. The molecule has 2 aromatic carbocycles. The minimum absolute atomic E-state index is 0.536. The van der Waals surface area contributed by atoms with Crippen molar-refractivity contribution in [2.75, 3.05) is 7.11 Å². The van der Waals surface area contributed by atoms with Crippen LogP contribution in [-0.2, 0) is 10.5 Å². The van der Waals surface area contributed by atoms with Gasteiger partial charge in [-0.2, -0.15) is 23.3 Å². The van der Waals surface area contributed by atoms with Gasteiger partial charge in [0.1, 0.15) is 0 Å². The number of nitrogens with two attached hydrogens (primary N) is 1. The monoisotopic (exact) mass is 335 g/mol. The number of thiol groups is 1. The molecule has 114 valence electrons. The van der Waals surface area contributed by atoms with Gasteiger partial charge in [0.05, 0.1) is 12.7 Å². The Morgan fingerprint density at radius 1 is 1.14 bits per heavy atom. The Morgan fingerprint density at radius 2 is 1.64 bits per heavy atom. The molecule has 0 heterocycles.